The molecule has 8 nitrogen and oxygen atoms in total. The molecular weight excluding hydrogens is 468 g/mol. The second-order valence-corrected chi connectivity index (χ2v) is 8.04. The predicted molar refractivity (Wildman–Crippen MR) is 131 cm³/mol. The Bertz CT molecular complexity index is 1410. The number of benzene rings is 2. The lowest BCUT2D eigenvalue weighted by Crippen LogP contribution is -2.34. The lowest BCUT2D eigenvalue weighted by Gasteiger charge is -2.24. The first-order valence-corrected chi connectivity index (χ1v) is 10.9. The van der Waals surface area contributed by atoms with E-state index in [1.165, 1.54) is 7.11 Å². The number of ether oxygens (including phenoxy) is 1. The fourth-order valence-electron chi connectivity index (χ4n) is 3.98. The Morgan fingerprint density at radius 3 is 2.58 bits per heavy atom. The zero-order valence-corrected chi connectivity index (χ0v) is 19.2. The number of methoxy groups -OCH3 is 1. The van der Waals surface area contributed by atoms with Gasteiger partial charge in [0.1, 0.15) is 23.4 Å². The molecule has 10 heteroatoms. The summed E-state index contributed by atoms with van der Waals surface area (Å²) in [5, 5.41) is 33.4. The molecule has 36 heavy (non-hydrogen) atoms. The number of anilines is 1. The SMILES string of the molecule is COc1cc(CO)cc(NC(C(=O)C(C=N)C(=N)c2cc(F)cc(F)c2)c2cccc3ccnn23)c1. The van der Waals surface area contributed by atoms with Gasteiger partial charge >= 0.3 is 0 Å². The third-order valence-corrected chi connectivity index (χ3v) is 5.68. The van der Waals surface area contributed by atoms with Crippen LogP contribution in [-0.2, 0) is 11.4 Å². The van der Waals surface area contributed by atoms with Crippen LogP contribution in [0.1, 0.15) is 22.9 Å². The molecule has 4 N–H and O–H groups in total. The fraction of sp³-hybridized carbons (Fsp3) is 0.154. The van der Waals surface area contributed by atoms with Gasteiger partial charge in [0, 0.05) is 35.8 Å². The second kappa shape index (κ2) is 10.4. The summed E-state index contributed by atoms with van der Waals surface area (Å²) < 4.78 is 34.5. The highest BCUT2D eigenvalue weighted by Gasteiger charge is 2.32. The molecule has 4 aromatic rings. The number of rotatable bonds is 10. The summed E-state index contributed by atoms with van der Waals surface area (Å²) in [4.78, 5) is 13.9. The highest BCUT2D eigenvalue weighted by atomic mass is 19.1. The van der Waals surface area contributed by atoms with Crippen molar-refractivity contribution >= 4 is 28.9 Å². The smallest absolute Gasteiger partial charge is 0.175 e. The summed E-state index contributed by atoms with van der Waals surface area (Å²) in [6.45, 7) is -0.266. The minimum absolute atomic E-state index is 0.144. The summed E-state index contributed by atoms with van der Waals surface area (Å²) in [7, 11) is 1.47. The van der Waals surface area contributed by atoms with Gasteiger partial charge in [-0.25, -0.2) is 13.3 Å². The third-order valence-electron chi connectivity index (χ3n) is 5.68. The monoisotopic (exact) mass is 491 g/mol. The molecule has 0 saturated carbocycles. The summed E-state index contributed by atoms with van der Waals surface area (Å²) >= 11 is 0. The summed E-state index contributed by atoms with van der Waals surface area (Å²) in [5.74, 6) is -3.38. The molecule has 0 aliphatic carbocycles. The molecule has 0 fully saturated rings. The maximum Gasteiger partial charge on any atom is 0.175 e. The minimum atomic E-state index is -1.42. The molecule has 2 unspecified atom stereocenters. The van der Waals surface area contributed by atoms with Crippen molar-refractivity contribution in [1.82, 2.24) is 9.61 Å². The number of nitrogens with zero attached hydrogens (tertiary/aromatic N) is 2. The Kier molecular flexibility index (Phi) is 7.16. The number of fused-ring (bicyclic) bond motifs is 1. The molecule has 2 aromatic carbocycles. The van der Waals surface area contributed by atoms with E-state index in [1.54, 1.807) is 53.2 Å². The van der Waals surface area contributed by atoms with Crippen molar-refractivity contribution in [3.05, 3.63) is 95.3 Å². The largest absolute Gasteiger partial charge is 0.497 e. The van der Waals surface area contributed by atoms with E-state index in [9.17, 15) is 18.7 Å². The van der Waals surface area contributed by atoms with Crippen molar-refractivity contribution in [2.45, 2.75) is 12.6 Å². The van der Waals surface area contributed by atoms with E-state index < -0.39 is 35.1 Å². The average Bonchev–Trinajstić information content (AvgIpc) is 3.36. The van der Waals surface area contributed by atoms with Crippen molar-refractivity contribution in [1.29, 1.82) is 10.8 Å². The lowest BCUT2D eigenvalue weighted by atomic mass is 9.88. The first-order valence-electron chi connectivity index (χ1n) is 10.9. The number of halogens is 2. The quantitative estimate of drug-likeness (QED) is 0.248. The fourth-order valence-corrected chi connectivity index (χ4v) is 3.98. The Hall–Kier alpha value is -4.44. The zero-order valence-electron chi connectivity index (χ0n) is 19.2. The Morgan fingerprint density at radius 2 is 1.92 bits per heavy atom. The Labute approximate surface area is 205 Å². The van der Waals surface area contributed by atoms with Gasteiger partial charge in [-0.1, -0.05) is 6.07 Å². The summed E-state index contributed by atoms with van der Waals surface area (Å²) in [6.07, 6.45) is 2.34. The topological polar surface area (TPSA) is 124 Å². The van der Waals surface area contributed by atoms with Crippen molar-refractivity contribution < 1.29 is 23.4 Å². The van der Waals surface area contributed by atoms with Gasteiger partial charge in [0.2, 0.25) is 0 Å². The van der Waals surface area contributed by atoms with E-state index in [1.807, 2.05) is 0 Å². The number of aliphatic hydroxyl groups excluding tert-OH is 1. The number of pyridine rings is 1. The first kappa shape index (κ1) is 24.7. The van der Waals surface area contributed by atoms with E-state index in [-0.39, 0.29) is 12.2 Å². The molecule has 2 aromatic heterocycles. The number of hydrogen-bond donors (Lipinski definition) is 4. The number of nitrogens with one attached hydrogen (secondary N) is 3. The number of carbonyl (C=O) groups is 1. The molecule has 0 bridgehead atoms. The molecule has 0 amide bonds. The van der Waals surface area contributed by atoms with E-state index in [0.29, 0.717) is 34.3 Å². The molecule has 2 atom stereocenters. The third kappa shape index (κ3) is 4.98. The highest BCUT2D eigenvalue weighted by molar-refractivity contribution is 6.22. The normalized spacial score (nSPS) is 12.7. The van der Waals surface area contributed by atoms with Crippen LogP contribution in [0.3, 0.4) is 0 Å². The van der Waals surface area contributed by atoms with Crippen molar-refractivity contribution in [3.63, 3.8) is 0 Å². The predicted octanol–water partition coefficient (Wildman–Crippen LogP) is 4.17. The summed E-state index contributed by atoms with van der Waals surface area (Å²) in [6, 6.07) is 13.3. The minimum Gasteiger partial charge on any atom is -0.497 e. The van der Waals surface area contributed by atoms with Crippen LogP contribution in [0.4, 0.5) is 14.5 Å². The first-order chi connectivity index (χ1) is 17.3. The van der Waals surface area contributed by atoms with E-state index in [0.717, 1.165) is 18.3 Å². The Balaban J connectivity index is 1.80. The summed E-state index contributed by atoms with van der Waals surface area (Å²) in [5.41, 5.74) is 1.53. The van der Waals surface area contributed by atoms with Crippen molar-refractivity contribution in [2.24, 2.45) is 5.92 Å². The number of aromatic nitrogens is 2. The van der Waals surface area contributed by atoms with Crippen LogP contribution in [0, 0.1) is 28.4 Å². The van der Waals surface area contributed by atoms with Crippen molar-refractivity contribution in [3.8, 4) is 5.75 Å². The van der Waals surface area contributed by atoms with Crippen LogP contribution in [-0.4, -0.2) is 39.5 Å². The number of hydrogen-bond acceptors (Lipinski definition) is 7. The lowest BCUT2D eigenvalue weighted by molar-refractivity contribution is -0.120. The van der Waals surface area contributed by atoms with Crippen LogP contribution >= 0.6 is 0 Å². The zero-order chi connectivity index (χ0) is 25.8. The van der Waals surface area contributed by atoms with E-state index in [4.69, 9.17) is 15.6 Å². The van der Waals surface area contributed by atoms with E-state index >= 15 is 0 Å². The van der Waals surface area contributed by atoms with Crippen LogP contribution < -0.4 is 10.1 Å². The van der Waals surface area contributed by atoms with Gasteiger partial charge in [-0.2, -0.15) is 5.10 Å². The van der Waals surface area contributed by atoms with Crippen LogP contribution in [0.25, 0.3) is 5.52 Å². The van der Waals surface area contributed by atoms with Gasteiger partial charge in [-0.15, -0.1) is 0 Å². The molecule has 0 spiro atoms. The van der Waals surface area contributed by atoms with Gasteiger partial charge in [-0.3, -0.25) is 4.79 Å². The van der Waals surface area contributed by atoms with Gasteiger partial charge < -0.3 is 26.0 Å². The van der Waals surface area contributed by atoms with Crippen molar-refractivity contribution in [2.75, 3.05) is 12.4 Å². The van der Waals surface area contributed by atoms with Gasteiger partial charge in [0.15, 0.2) is 5.78 Å². The van der Waals surface area contributed by atoms with Crippen LogP contribution in [0.2, 0.25) is 0 Å². The molecular formula is C26H23F2N5O3. The molecule has 0 aliphatic heterocycles. The molecule has 2 heterocycles. The average molecular weight is 491 g/mol. The molecule has 0 aliphatic rings. The van der Waals surface area contributed by atoms with Crippen LogP contribution in [0.15, 0.2) is 66.9 Å². The Morgan fingerprint density at radius 1 is 1.17 bits per heavy atom. The number of aliphatic hydroxyl groups is 1. The standard InChI is InChI=1S/C26H23F2N5O3/c1-36-21-8-15(14-34)7-19(12-21)32-25(23-4-2-3-20-5-6-31-33(20)23)26(35)22(13-29)24(30)16-9-17(27)11-18(28)10-16/h2-13,22,25,29-30,32,34H,14H2,1H3. The molecule has 0 saturated heterocycles. The molecule has 184 valence electrons. The maximum absolute atomic E-state index is 13.9. The van der Waals surface area contributed by atoms with E-state index in [2.05, 4.69) is 10.4 Å². The number of Topliss-reactive ketones (excluding diaryl/α,β-unsaturated/α-hetero) is 1. The van der Waals surface area contributed by atoms with Gasteiger partial charge in [-0.05, 0) is 48.0 Å². The number of carbonyl (C=O) groups excluding carboxylic acids is 1. The van der Waals surface area contributed by atoms with Gasteiger partial charge in [0.25, 0.3) is 0 Å². The highest BCUT2D eigenvalue weighted by Crippen LogP contribution is 2.29. The molecule has 0 radical (unpaired) electrons. The second-order valence-electron chi connectivity index (χ2n) is 8.04. The number of ketones is 1. The molecule has 4 rings (SSSR count). The van der Waals surface area contributed by atoms with Crippen LogP contribution in [0.5, 0.6) is 5.75 Å². The van der Waals surface area contributed by atoms with Gasteiger partial charge in [0.05, 0.1) is 36.6 Å². The maximum atomic E-state index is 13.9.